The molecule has 2 aromatic carbocycles. The van der Waals surface area contributed by atoms with Gasteiger partial charge >= 0.3 is 6.18 Å². The Morgan fingerprint density at radius 2 is 1.85 bits per heavy atom. The van der Waals surface area contributed by atoms with Crippen LogP contribution in [0.15, 0.2) is 42.5 Å². The monoisotopic (exact) mass is 277 g/mol. The Balaban J connectivity index is 1.90. The predicted octanol–water partition coefficient (Wildman–Crippen LogP) is 4.72. The van der Waals surface area contributed by atoms with Crippen molar-refractivity contribution < 1.29 is 13.2 Å². The number of fused-ring (bicyclic) bond motifs is 1. The molecule has 0 saturated carbocycles. The summed E-state index contributed by atoms with van der Waals surface area (Å²) in [4.78, 5) is 0. The van der Waals surface area contributed by atoms with Crippen molar-refractivity contribution in [3.63, 3.8) is 0 Å². The van der Waals surface area contributed by atoms with E-state index in [0.717, 1.165) is 23.7 Å². The summed E-state index contributed by atoms with van der Waals surface area (Å²) < 4.78 is 38.0. The summed E-state index contributed by atoms with van der Waals surface area (Å²) in [5.41, 5.74) is 3.28. The van der Waals surface area contributed by atoms with Crippen LogP contribution in [0, 0.1) is 6.92 Å². The lowest BCUT2D eigenvalue weighted by Crippen LogP contribution is -2.10. The number of rotatable bonds is 1. The predicted molar refractivity (Wildman–Crippen MR) is 72.7 cm³/mol. The summed E-state index contributed by atoms with van der Waals surface area (Å²) in [6, 6.07) is 12.0. The molecule has 0 aromatic heterocycles. The standard InChI is InChI=1S/C16H14F3N/c1-10-8-12(16(17,18)19)6-7-13(10)15-9-11-4-2-3-5-14(11)20-15/h2-8,15,20H,9H2,1H3. The molecule has 2 aromatic rings. The van der Waals surface area contributed by atoms with E-state index in [1.807, 2.05) is 24.3 Å². The Bertz CT molecular complexity index is 621. The van der Waals surface area contributed by atoms with Crippen molar-refractivity contribution in [2.24, 2.45) is 0 Å². The highest BCUT2D eigenvalue weighted by Crippen LogP contribution is 2.37. The fourth-order valence-electron chi connectivity index (χ4n) is 2.73. The van der Waals surface area contributed by atoms with Gasteiger partial charge in [-0.05, 0) is 48.2 Å². The third-order valence-electron chi connectivity index (χ3n) is 3.74. The second-order valence-electron chi connectivity index (χ2n) is 5.13. The summed E-state index contributed by atoms with van der Waals surface area (Å²) in [6.45, 7) is 1.73. The first-order valence-electron chi connectivity index (χ1n) is 6.47. The van der Waals surface area contributed by atoms with E-state index in [1.54, 1.807) is 13.0 Å². The molecule has 4 heteroatoms. The smallest absolute Gasteiger partial charge is 0.378 e. The van der Waals surface area contributed by atoms with E-state index >= 15 is 0 Å². The lowest BCUT2D eigenvalue weighted by Gasteiger charge is -2.16. The van der Waals surface area contributed by atoms with E-state index < -0.39 is 11.7 Å². The summed E-state index contributed by atoms with van der Waals surface area (Å²) in [5.74, 6) is 0. The first-order valence-corrected chi connectivity index (χ1v) is 6.47. The van der Waals surface area contributed by atoms with Crippen molar-refractivity contribution in [3.8, 4) is 0 Å². The molecule has 0 aliphatic carbocycles. The minimum atomic E-state index is -4.28. The van der Waals surface area contributed by atoms with Crippen LogP contribution in [0.25, 0.3) is 0 Å². The zero-order valence-corrected chi connectivity index (χ0v) is 11.0. The molecule has 1 atom stereocenters. The van der Waals surface area contributed by atoms with Gasteiger partial charge in [0.15, 0.2) is 0 Å². The molecule has 3 rings (SSSR count). The van der Waals surface area contributed by atoms with Crippen LogP contribution in [0.3, 0.4) is 0 Å². The zero-order valence-electron chi connectivity index (χ0n) is 11.0. The van der Waals surface area contributed by atoms with Crippen molar-refractivity contribution in [1.29, 1.82) is 0 Å². The summed E-state index contributed by atoms with van der Waals surface area (Å²) in [6.07, 6.45) is -3.47. The van der Waals surface area contributed by atoms with Crippen molar-refractivity contribution in [3.05, 3.63) is 64.7 Å². The Morgan fingerprint density at radius 3 is 2.50 bits per heavy atom. The van der Waals surface area contributed by atoms with E-state index in [4.69, 9.17) is 0 Å². The molecule has 0 spiro atoms. The van der Waals surface area contributed by atoms with Crippen molar-refractivity contribution in [1.82, 2.24) is 0 Å². The van der Waals surface area contributed by atoms with Crippen molar-refractivity contribution in [2.75, 3.05) is 5.32 Å². The molecule has 0 saturated heterocycles. The van der Waals surface area contributed by atoms with Crippen molar-refractivity contribution in [2.45, 2.75) is 25.6 Å². The number of nitrogens with one attached hydrogen (secondary N) is 1. The number of anilines is 1. The Labute approximate surface area is 115 Å². The molecule has 1 aliphatic heterocycles. The maximum absolute atomic E-state index is 12.7. The quantitative estimate of drug-likeness (QED) is 0.795. The number of aryl methyl sites for hydroxylation is 1. The lowest BCUT2D eigenvalue weighted by atomic mass is 9.96. The van der Waals surface area contributed by atoms with Gasteiger partial charge in [0.2, 0.25) is 0 Å². The Morgan fingerprint density at radius 1 is 1.10 bits per heavy atom. The second kappa shape index (κ2) is 4.54. The number of hydrogen-bond donors (Lipinski definition) is 1. The van der Waals surface area contributed by atoms with Gasteiger partial charge in [-0.2, -0.15) is 13.2 Å². The van der Waals surface area contributed by atoms with Gasteiger partial charge in [0.25, 0.3) is 0 Å². The van der Waals surface area contributed by atoms with Crippen LogP contribution in [0.2, 0.25) is 0 Å². The van der Waals surface area contributed by atoms with Gasteiger partial charge in [-0.25, -0.2) is 0 Å². The zero-order chi connectivity index (χ0) is 14.3. The molecule has 0 radical (unpaired) electrons. The van der Waals surface area contributed by atoms with Crippen LogP contribution in [-0.4, -0.2) is 0 Å². The van der Waals surface area contributed by atoms with Crippen LogP contribution in [0.5, 0.6) is 0 Å². The Hall–Kier alpha value is -1.97. The third-order valence-corrected chi connectivity index (χ3v) is 3.74. The fraction of sp³-hybridized carbons (Fsp3) is 0.250. The number of alkyl halides is 3. The minimum Gasteiger partial charge on any atom is -0.378 e. The molecule has 1 N–H and O–H groups in total. The first kappa shape index (κ1) is 13.0. The third kappa shape index (κ3) is 2.26. The second-order valence-corrected chi connectivity index (χ2v) is 5.13. The van der Waals surface area contributed by atoms with Crippen LogP contribution in [-0.2, 0) is 12.6 Å². The molecule has 0 fully saturated rings. The van der Waals surface area contributed by atoms with Gasteiger partial charge < -0.3 is 5.32 Å². The molecular weight excluding hydrogens is 263 g/mol. The Kier molecular flexibility index (Phi) is 2.96. The molecule has 1 heterocycles. The van der Waals surface area contributed by atoms with Gasteiger partial charge in [-0.15, -0.1) is 0 Å². The summed E-state index contributed by atoms with van der Waals surface area (Å²) in [7, 11) is 0. The highest BCUT2D eigenvalue weighted by atomic mass is 19.4. The molecule has 1 aliphatic rings. The first-order chi connectivity index (χ1) is 9.45. The largest absolute Gasteiger partial charge is 0.416 e. The fourth-order valence-corrected chi connectivity index (χ4v) is 2.73. The van der Waals surface area contributed by atoms with Crippen molar-refractivity contribution >= 4 is 5.69 Å². The molecule has 1 unspecified atom stereocenters. The lowest BCUT2D eigenvalue weighted by molar-refractivity contribution is -0.137. The van der Waals surface area contributed by atoms with E-state index in [9.17, 15) is 13.2 Å². The summed E-state index contributed by atoms with van der Waals surface area (Å²) in [5, 5.41) is 3.37. The normalized spacial score (nSPS) is 17.7. The number of benzene rings is 2. The summed E-state index contributed by atoms with van der Waals surface area (Å²) >= 11 is 0. The van der Waals surface area contributed by atoms with Gasteiger partial charge in [-0.3, -0.25) is 0 Å². The van der Waals surface area contributed by atoms with E-state index in [-0.39, 0.29) is 6.04 Å². The van der Waals surface area contributed by atoms with Gasteiger partial charge in [0, 0.05) is 5.69 Å². The average molecular weight is 277 g/mol. The van der Waals surface area contributed by atoms with E-state index in [0.29, 0.717) is 5.56 Å². The van der Waals surface area contributed by atoms with E-state index in [1.165, 1.54) is 11.6 Å². The molecule has 0 bridgehead atoms. The maximum atomic E-state index is 12.7. The SMILES string of the molecule is Cc1cc(C(F)(F)F)ccc1C1Cc2ccccc2N1. The molecule has 0 amide bonds. The molecule has 1 nitrogen and oxygen atoms in total. The van der Waals surface area contributed by atoms with Crippen LogP contribution in [0.1, 0.15) is 28.3 Å². The van der Waals surface area contributed by atoms with Gasteiger partial charge in [0.05, 0.1) is 11.6 Å². The highest BCUT2D eigenvalue weighted by Gasteiger charge is 2.31. The average Bonchev–Trinajstić information content (AvgIpc) is 2.80. The molecule has 104 valence electrons. The van der Waals surface area contributed by atoms with Gasteiger partial charge in [0.1, 0.15) is 0 Å². The minimum absolute atomic E-state index is 0.0506. The van der Waals surface area contributed by atoms with Gasteiger partial charge in [-0.1, -0.05) is 24.3 Å². The number of hydrogen-bond acceptors (Lipinski definition) is 1. The maximum Gasteiger partial charge on any atom is 0.416 e. The van der Waals surface area contributed by atoms with E-state index in [2.05, 4.69) is 5.32 Å². The highest BCUT2D eigenvalue weighted by molar-refractivity contribution is 5.58. The topological polar surface area (TPSA) is 12.0 Å². The van der Waals surface area contributed by atoms with Crippen LogP contribution in [0.4, 0.5) is 18.9 Å². The number of para-hydroxylation sites is 1. The van der Waals surface area contributed by atoms with Crippen LogP contribution >= 0.6 is 0 Å². The molecule has 20 heavy (non-hydrogen) atoms. The number of halogens is 3. The molecular formula is C16H14F3N. The van der Waals surface area contributed by atoms with Crippen LogP contribution < -0.4 is 5.32 Å².